The first-order valence-electron chi connectivity index (χ1n) is 5.15. The molecular weight excluding hydrogens is 265 g/mol. The average Bonchev–Trinajstić information content (AvgIpc) is 2.32. The van der Waals surface area contributed by atoms with E-state index < -0.39 is 35.1 Å². The van der Waals surface area contributed by atoms with E-state index in [1.165, 1.54) is 11.8 Å². The van der Waals surface area contributed by atoms with Crippen molar-refractivity contribution < 1.29 is 18.0 Å². The summed E-state index contributed by atoms with van der Waals surface area (Å²) in [6.07, 6.45) is 2.25. The molecule has 0 bridgehead atoms. The second-order valence-electron chi connectivity index (χ2n) is 3.63. The molecule has 7 heteroatoms. The molecule has 0 aliphatic rings. The maximum atomic E-state index is 13.3. The van der Waals surface area contributed by atoms with E-state index in [4.69, 9.17) is 5.73 Å². The number of benzene rings is 1. The zero-order valence-corrected chi connectivity index (χ0v) is 10.5. The minimum absolute atomic E-state index is 0.395. The number of halogens is 3. The van der Waals surface area contributed by atoms with Crippen molar-refractivity contribution in [1.82, 2.24) is 0 Å². The van der Waals surface area contributed by atoms with Crippen LogP contribution in [0.5, 0.6) is 0 Å². The summed E-state index contributed by atoms with van der Waals surface area (Å²) in [5, 5.41) is 2.07. The summed E-state index contributed by atoms with van der Waals surface area (Å²) >= 11 is 1.51. The Hall–Kier alpha value is -1.21. The molecule has 0 unspecified atom stereocenters. The Morgan fingerprint density at radius 1 is 1.44 bits per heavy atom. The third-order valence-corrected chi connectivity index (χ3v) is 2.86. The number of anilines is 1. The third-order valence-electron chi connectivity index (χ3n) is 2.22. The van der Waals surface area contributed by atoms with Gasteiger partial charge in [0, 0.05) is 12.1 Å². The van der Waals surface area contributed by atoms with Crippen molar-refractivity contribution in [2.45, 2.75) is 12.5 Å². The second kappa shape index (κ2) is 6.65. The van der Waals surface area contributed by atoms with Crippen LogP contribution in [0.3, 0.4) is 0 Å². The first-order valence-corrected chi connectivity index (χ1v) is 6.55. The van der Waals surface area contributed by atoms with Gasteiger partial charge in [-0.3, -0.25) is 4.79 Å². The van der Waals surface area contributed by atoms with E-state index >= 15 is 0 Å². The van der Waals surface area contributed by atoms with Crippen LogP contribution in [0.2, 0.25) is 0 Å². The quantitative estimate of drug-likeness (QED) is 0.811. The van der Waals surface area contributed by atoms with Crippen LogP contribution in [0.25, 0.3) is 0 Å². The first-order chi connectivity index (χ1) is 8.45. The molecule has 0 aliphatic carbocycles. The van der Waals surface area contributed by atoms with Crippen molar-refractivity contribution in [3.05, 3.63) is 29.6 Å². The van der Waals surface area contributed by atoms with Crippen LogP contribution in [0.1, 0.15) is 6.42 Å². The molecule has 3 nitrogen and oxygen atoms in total. The predicted octanol–water partition coefficient (Wildman–Crippen LogP) is 2.12. The largest absolute Gasteiger partial charge is 0.322 e. The SMILES string of the molecule is CSCC[C@H](N)C(=O)Nc1cc(F)cc(F)c1F. The topological polar surface area (TPSA) is 55.1 Å². The van der Waals surface area contributed by atoms with Gasteiger partial charge in [-0.25, -0.2) is 13.2 Å². The molecule has 18 heavy (non-hydrogen) atoms. The van der Waals surface area contributed by atoms with Gasteiger partial charge >= 0.3 is 0 Å². The van der Waals surface area contributed by atoms with Gasteiger partial charge in [-0.15, -0.1) is 0 Å². The van der Waals surface area contributed by atoms with Gasteiger partial charge in [0.2, 0.25) is 5.91 Å². The van der Waals surface area contributed by atoms with Crippen LogP contribution in [-0.4, -0.2) is 24.0 Å². The van der Waals surface area contributed by atoms with Crippen LogP contribution < -0.4 is 11.1 Å². The van der Waals surface area contributed by atoms with E-state index in [2.05, 4.69) is 5.32 Å². The third kappa shape index (κ3) is 3.92. The summed E-state index contributed by atoms with van der Waals surface area (Å²) in [4.78, 5) is 11.5. The standard InChI is InChI=1S/C11H13F3N2OS/c1-18-3-2-8(15)11(17)16-9-5-6(12)4-7(13)10(9)14/h4-5,8H,2-3,15H2,1H3,(H,16,17)/t8-/m0/s1. The summed E-state index contributed by atoms with van der Waals surface area (Å²) in [5.74, 6) is -3.64. The smallest absolute Gasteiger partial charge is 0.241 e. The highest BCUT2D eigenvalue weighted by atomic mass is 32.2. The fourth-order valence-corrected chi connectivity index (χ4v) is 1.74. The van der Waals surface area contributed by atoms with Crippen LogP contribution in [-0.2, 0) is 4.79 Å². The highest BCUT2D eigenvalue weighted by Crippen LogP contribution is 2.19. The summed E-state index contributed by atoms with van der Waals surface area (Å²) < 4.78 is 39.0. The Labute approximate surface area is 107 Å². The molecule has 1 amide bonds. The van der Waals surface area contributed by atoms with Crippen molar-refractivity contribution >= 4 is 23.4 Å². The minimum atomic E-state index is -1.36. The zero-order valence-electron chi connectivity index (χ0n) is 9.67. The van der Waals surface area contributed by atoms with Crippen molar-refractivity contribution in [2.75, 3.05) is 17.3 Å². The molecule has 0 heterocycles. The van der Waals surface area contributed by atoms with Crippen LogP contribution >= 0.6 is 11.8 Å². The number of nitrogens with one attached hydrogen (secondary N) is 1. The van der Waals surface area contributed by atoms with E-state index in [1.54, 1.807) is 0 Å². The molecule has 0 spiro atoms. The number of hydrogen-bond donors (Lipinski definition) is 2. The number of carbonyl (C=O) groups excluding carboxylic acids is 1. The predicted molar refractivity (Wildman–Crippen MR) is 65.9 cm³/mol. The van der Waals surface area contributed by atoms with E-state index in [0.29, 0.717) is 24.3 Å². The van der Waals surface area contributed by atoms with Gasteiger partial charge in [0.15, 0.2) is 11.6 Å². The maximum absolute atomic E-state index is 13.3. The Morgan fingerprint density at radius 2 is 2.11 bits per heavy atom. The molecule has 0 fully saturated rings. The zero-order chi connectivity index (χ0) is 13.7. The molecule has 1 aromatic carbocycles. The van der Waals surface area contributed by atoms with Gasteiger partial charge in [-0.1, -0.05) is 0 Å². The highest BCUT2D eigenvalue weighted by molar-refractivity contribution is 7.98. The minimum Gasteiger partial charge on any atom is -0.322 e. The average molecular weight is 278 g/mol. The van der Waals surface area contributed by atoms with Gasteiger partial charge < -0.3 is 11.1 Å². The van der Waals surface area contributed by atoms with E-state index in [1.807, 2.05) is 6.26 Å². The Bertz CT molecular complexity index is 443. The molecule has 1 rings (SSSR count). The molecule has 0 saturated carbocycles. The Balaban J connectivity index is 2.75. The molecule has 0 aliphatic heterocycles. The molecule has 1 aromatic rings. The monoisotopic (exact) mass is 278 g/mol. The lowest BCUT2D eigenvalue weighted by molar-refractivity contribution is -0.117. The number of thioether (sulfide) groups is 1. The van der Waals surface area contributed by atoms with Crippen molar-refractivity contribution in [3.63, 3.8) is 0 Å². The number of nitrogens with two attached hydrogens (primary N) is 1. The van der Waals surface area contributed by atoms with Crippen LogP contribution in [0.15, 0.2) is 12.1 Å². The van der Waals surface area contributed by atoms with Gasteiger partial charge in [0.1, 0.15) is 5.82 Å². The Kier molecular flexibility index (Phi) is 5.49. The van der Waals surface area contributed by atoms with E-state index in [9.17, 15) is 18.0 Å². The molecule has 100 valence electrons. The van der Waals surface area contributed by atoms with Crippen LogP contribution in [0.4, 0.5) is 18.9 Å². The number of carbonyl (C=O) groups is 1. The summed E-state index contributed by atoms with van der Waals surface area (Å²) in [7, 11) is 0. The van der Waals surface area contributed by atoms with Crippen molar-refractivity contribution in [3.8, 4) is 0 Å². The normalized spacial score (nSPS) is 12.3. The van der Waals surface area contributed by atoms with Gasteiger partial charge in [0.25, 0.3) is 0 Å². The molecule has 0 saturated heterocycles. The number of amides is 1. The molecular formula is C11H13F3N2OS. The summed E-state index contributed by atoms with van der Waals surface area (Å²) in [5.41, 5.74) is 5.00. The second-order valence-corrected chi connectivity index (χ2v) is 4.61. The van der Waals surface area contributed by atoms with E-state index in [0.717, 1.165) is 0 Å². The van der Waals surface area contributed by atoms with Gasteiger partial charge in [-0.05, 0) is 18.4 Å². The van der Waals surface area contributed by atoms with Gasteiger partial charge in [-0.2, -0.15) is 11.8 Å². The van der Waals surface area contributed by atoms with Gasteiger partial charge in [0.05, 0.1) is 11.7 Å². The van der Waals surface area contributed by atoms with Crippen LogP contribution in [0, 0.1) is 17.5 Å². The fraction of sp³-hybridized carbons (Fsp3) is 0.364. The maximum Gasteiger partial charge on any atom is 0.241 e. The van der Waals surface area contributed by atoms with Crippen molar-refractivity contribution in [2.24, 2.45) is 5.73 Å². The number of rotatable bonds is 5. The summed E-state index contributed by atoms with van der Waals surface area (Å²) in [6, 6.07) is 0.263. The Morgan fingerprint density at radius 3 is 2.72 bits per heavy atom. The molecule has 0 aromatic heterocycles. The molecule has 0 radical (unpaired) electrons. The summed E-state index contributed by atoms with van der Waals surface area (Å²) in [6.45, 7) is 0. The number of hydrogen-bond acceptors (Lipinski definition) is 3. The lowest BCUT2D eigenvalue weighted by Crippen LogP contribution is -2.36. The lowest BCUT2D eigenvalue weighted by Gasteiger charge is -2.12. The lowest BCUT2D eigenvalue weighted by atomic mass is 10.2. The van der Waals surface area contributed by atoms with E-state index in [-0.39, 0.29) is 0 Å². The molecule has 1 atom stereocenters. The highest BCUT2D eigenvalue weighted by Gasteiger charge is 2.17. The van der Waals surface area contributed by atoms with Crippen molar-refractivity contribution in [1.29, 1.82) is 0 Å². The molecule has 3 N–H and O–H groups in total. The first kappa shape index (κ1) is 14.8. The fourth-order valence-electron chi connectivity index (χ4n) is 1.25.